The Balaban J connectivity index is 0.947. The first-order valence-electron chi connectivity index (χ1n) is 21.7. The summed E-state index contributed by atoms with van der Waals surface area (Å²) in [5, 5.41) is 9.96. The Bertz CT molecular complexity index is 3810. The third-order valence-electron chi connectivity index (χ3n) is 13.4. The summed E-state index contributed by atoms with van der Waals surface area (Å²) in [5.74, 6) is 0.901. The van der Waals surface area contributed by atoms with Gasteiger partial charge in [0.25, 0.3) is 0 Å². The summed E-state index contributed by atoms with van der Waals surface area (Å²) in [4.78, 5) is 7.80. The van der Waals surface area contributed by atoms with E-state index in [1.807, 2.05) is 0 Å². The third-order valence-corrected chi connectivity index (χ3v) is 13.4. The number of aromatic nitrogens is 2. The summed E-state index contributed by atoms with van der Waals surface area (Å²) in [7, 11) is 2.19. The zero-order valence-corrected chi connectivity index (χ0v) is 34.7. The van der Waals surface area contributed by atoms with Crippen LogP contribution in [-0.4, -0.2) is 27.0 Å². The Morgan fingerprint density at radius 2 is 0.984 bits per heavy atom. The lowest BCUT2D eigenvalue weighted by molar-refractivity contribution is 0.410. The molecule has 0 aliphatic carbocycles. The maximum Gasteiger partial charge on any atom is 0.211 e. The first kappa shape index (κ1) is 35.5. The molecule has 0 amide bonds. The van der Waals surface area contributed by atoms with E-state index in [1.165, 1.54) is 87.5 Å². The van der Waals surface area contributed by atoms with E-state index in [0.717, 1.165) is 28.4 Å². The standard InChI is InChI=1S/C59H40N4/c1-61-58(41-28-26-40(27-29-41)46-23-13-16-38-14-5-7-19-45(38)46)49-22-9-11-24-52(49)60-59(61)63-53-25-12-10-21-48(53)50-36-42(31-33-54(50)63)43-32-34-55-51(37-43)57-47-20-8-6-15-39(47)30-35-56(57)62(55)44-17-3-2-4-18-44/h2-37,58H,1H3. The van der Waals surface area contributed by atoms with Crippen LogP contribution in [-0.2, 0) is 0 Å². The van der Waals surface area contributed by atoms with Crippen molar-refractivity contribution in [1.82, 2.24) is 14.0 Å². The van der Waals surface area contributed by atoms with Crippen LogP contribution in [0.4, 0.5) is 5.69 Å². The van der Waals surface area contributed by atoms with Gasteiger partial charge in [-0.15, -0.1) is 0 Å². The van der Waals surface area contributed by atoms with Crippen molar-refractivity contribution in [3.8, 4) is 27.9 Å². The van der Waals surface area contributed by atoms with Crippen LogP contribution in [0.5, 0.6) is 0 Å². The van der Waals surface area contributed by atoms with Gasteiger partial charge >= 0.3 is 0 Å². The largest absolute Gasteiger partial charge is 0.334 e. The second kappa shape index (κ2) is 13.9. The summed E-state index contributed by atoms with van der Waals surface area (Å²) in [6, 6.07) is 79.6. The van der Waals surface area contributed by atoms with Crippen molar-refractivity contribution in [1.29, 1.82) is 0 Å². The van der Waals surface area contributed by atoms with E-state index in [4.69, 9.17) is 4.99 Å². The van der Waals surface area contributed by atoms with Gasteiger partial charge in [-0.3, -0.25) is 4.57 Å². The molecule has 1 aliphatic heterocycles. The topological polar surface area (TPSA) is 25.5 Å². The summed E-state index contributed by atoms with van der Waals surface area (Å²) >= 11 is 0. The minimum atomic E-state index is -0.0356. The van der Waals surface area contributed by atoms with Gasteiger partial charge in [0, 0.05) is 39.8 Å². The molecule has 10 aromatic carbocycles. The predicted octanol–water partition coefficient (Wildman–Crippen LogP) is 15.1. The van der Waals surface area contributed by atoms with Gasteiger partial charge in [0.05, 0.1) is 33.8 Å². The minimum Gasteiger partial charge on any atom is -0.334 e. The first-order chi connectivity index (χ1) is 31.2. The van der Waals surface area contributed by atoms with Gasteiger partial charge in [-0.1, -0.05) is 164 Å². The van der Waals surface area contributed by atoms with Crippen LogP contribution >= 0.6 is 0 Å². The second-order valence-electron chi connectivity index (χ2n) is 16.8. The highest BCUT2D eigenvalue weighted by molar-refractivity contribution is 6.22. The molecule has 0 radical (unpaired) electrons. The maximum absolute atomic E-state index is 5.44. The fraction of sp³-hybridized carbons (Fsp3) is 0.0339. The van der Waals surface area contributed by atoms with Crippen LogP contribution in [0.3, 0.4) is 0 Å². The van der Waals surface area contributed by atoms with E-state index in [9.17, 15) is 0 Å². The molecule has 1 atom stereocenters. The van der Waals surface area contributed by atoms with Gasteiger partial charge in [0.2, 0.25) is 5.96 Å². The molecule has 2 aromatic heterocycles. The van der Waals surface area contributed by atoms with Crippen LogP contribution in [0.25, 0.3) is 93.1 Å². The predicted molar refractivity (Wildman–Crippen MR) is 265 cm³/mol. The van der Waals surface area contributed by atoms with Crippen molar-refractivity contribution >= 4 is 76.8 Å². The van der Waals surface area contributed by atoms with E-state index in [2.05, 4.69) is 239 Å². The maximum atomic E-state index is 5.44. The average Bonchev–Trinajstić information content (AvgIpc) is 3.86. The molecule has 0 spiro atoms. The number of hydrogen-bond acceptors (Lipinski definition) is 2. The Hall–Kier alpha value is -8.21. The van der Waals surface area contributed by atoms with Crippen molar-refractivity contribution in [2.24, 2.45) is 4.99 Å². The SMILES string of the molecule is CN1C(n2c3ccccc3c3cc(-c4ccc5c(c4)c4c6ccccc6ccc4n5-c4ccccc4)ccc32)=Nc2ccccc2C1c1ccc(-c2cccc3ccccc23)cc1. The Morgan fingerprint density at radius 3 is 1.79 bits per heavy atom. The number of nitrogens with zero attached hydrogens (tertiary/aromatic N) is 4. The van der Waals surface area contributed by atoms with E-state index in [-0.39, 0.29) is 6.04 Å². The van der Waals surface area contributed by atoms with Crippen LogP contribution in [0.15, 0.2) is 223 Å². The number of para-hydroxylation sites is 3. The fourth-order valence-corrected chi connectivity index (χ4v) is 10.5. The summed E-state index contributed by atoms with van der Waals surface area (Å²) in [6.07, 6.45) is 0. The molecule has 1 aliphatic rings. The number of aliphatic imine (C=N–C) groups is 1. The number of benzene rings is 10. The highest BCUT2D eigenvalue weighted by Gasteiger charge is 2.31. The second-order valence-corrected chi connectivity index (χ2v) is 16.8. The molecule has 0 saturated carbocycles. The summed E-state index contributed by atoms with van der Waals surface area (Å²) in [6.45, 7) is 0. The minimum absolute atomic E-state index is 0.0356. The van der Waals surface area contributed by atoms with E-state index in [1.54, 1.807) is 0 Å². The molecule has 4 heteroatoms. The molecular formula is C59H40N4. The Kier molecular flexibility index (Phi) is 7.85. The molecule has 0 N–H and O–H groups in total. The van der Waals surface area contributed by atoms with Gasteiger partial charge in [-0.25, -0.2) is 4.99 Å². The van der Waals surface area contributed by atoms with Gasteiger partial charge in [-0.2, -0.15) is 0 Å². The van der Waals surface area contributed by atoms with E-state index < -0.39 is 0 Å². The van der Waals surface area contributed by atoms with Crippen molar-refractivity contribution in [2.45, 2.75) is 6.04 Å². The number of fused-ring (bicyclic) bond motifs is 10. The molecule has 63 heavy (non-hydrogen) atoms. The van der Waals surface area contributed by atoms with Crippen LogP contribution in [0.2, 0.25) is 0 Å². The summed E-state index contributed by atoms with van der Waals surface area (Å²) < 4.78 is 4.77. The molecular weight excluding hydrogens is 765 g/mol. The van der Waals surface area contributed by atoms with Gasteiger partial charge in [-0.05, 0) is 104 Å². The van der Waals surface area contributed by atoms with Crippen molar-refractivity contribution < 1.29 is 0 Å². The molecule has 0 fully saturated rings. The zero-order valence-electron chi connectivity index (χ0n) is 34.7. The number of hydrogen-bond donors (Lipinski definition) is 0. The van der Waals surface area contributed by atoms with E-state index >= 15 is 0 Å². The molecule has 0 saturated heterocycles. The van der Waals surface area contributed by atoms with Crippen LogP contribution in [0.1, 0.15) is 17.2 Å². The van der Waals surface area contributed by atoms with Gasteiger partial charge in [0.1, 0.15) is 0 Å². The lowest BCUT2D eigenvalue weighted by Crippen LogP contribution is -2.38. The molecule has 0 bridgehead atoms. The van der Waals surface area contributed by atoms with Gasteiger partial charge < -0.3 is 9.47 Å². The first-order valence-corrected chi connectivity index (χ1v) is 21.7. The molecule has 296 valence electrons. The molecule has 13 rings (SSSR count). The molecule has 3 heterocycles. The normalized spacial score (nSPS) is 14.0. The zero-order chi connectivity index (χ0) is 41.6. The molecule has 4 nitrogen and oxygen atoms in total. The lowest BCUT2D eigenvalue weighted by Gasteiger charge is -2.36. The lowest BCUT2D eigenvalue weighted by atomic mass is 9.92. The smallest absolute Gasteiger partial charge is 0.211 e. The van der Waals surface area contributed by atoms with Crippen molar-refractivity contribution in [3.05, 3.63) is 230 Å². The fourth-order valence-electron chi connectivity index (χ4n) is 10.5. The monoisotopic (exact) mass is 804 g/mol. The van der Waals surface area contributed by atoms with Crippen molar-refractivity contribution in [3.63, 3.8) is 0 Å². The average molecular weight is 805 g/mol. The van der Waals surface area contributed by atoms with E-state index in [0.29, 0.717) is 0 Å². The molecule has 1 unspecified atom stereocenters. The van der Waals surface area contributed by atoms with Crippen LogP contribution < -0.4 is 0 Å². The number of rotatable bonds is 4. The Morgan fingerprint density at radius 1 is 0.397 bits per heavy atom. The highest BCUT2D eigenvalue weighted by atomic mass is 15.3. The Labute approximate surface area is 364 Å². The molecule has 12 aromatic rings. The summed E-state index contributed by atoms with van der Waals surface area (Å²) in [5.41, 5.74) is 14.1. The van der Waals surface area contributed by atoms with Crippen LogP contribution in [0, 0.1) is 0 Å². The van der Waals surface area contributed by atoms with Crippen molar-refractivity contribution in [2.75, 3.05) is 7.05 Å². The van der Waals surface area contributed by atoms with Gasteiger partial charge in [0.15, 0.2) is 0 Å². The third kappa shape index (κ3) is 5.44. The highest BCUT2D eigenvalue weighted by Crippen LogP contribution is 2.43. The quantitative estimate of drug-likeness (QED) is 0.174.